The molecule has 2 heterocycles. The molecule has 1 N–H and O–H groups in total. The Morgan fingerprint density at radius 3 is 3.07 bits per heavy atom. The summed E-state index contributed by atoms with van der Waals surface area (Å²) in [5, 5.41) is 9.97. The molecule has 3 atom stereocenters. The summed E-state index contributed by atoms with van der Waals surface area (Å²) in [6, 6.07) is 3.63. The van der Waals surface area contributed by atoms with Crippen LogP contribution in [0.15, 0.2) is 24.5 Å². The Hall–Kier alpha value is -0.580. The van der Waals surface area contributed by atoms with E-state index in [1.54, 1.807) is 18.5 Å². The predicted octanol–water partition coefficient (Wildman–Crippen LogP) is 1.42. The van der Waals surface area contributed by atoms with Gasteiger partial charge in [0.15, 0.2) is 0 Å². The van der Waals surface area contributed by atoms with Gasteiger partial charge in [-0.2, -0.15) is 0 Å². The molecule has 1 aromatic rings. The van der Waals surface area contributed by atoms with Crippen molar-refractivity contribution in [1.29, 1.82) is 0 Å². The van der Waals surface area contributed by atoms with Gasteiger partial charge in [-0.05, 0) is 36.5 Å². The molecule has 3 unspecified atom stereocenters. The molecule has 0 aliphatic carbocycles. The fraction of sp³-hybridized carbons (Fsp3) is 0.545. The maximum atomic E-state index is 11.7. The summed E-state index contributed by atoms with van der Waals surface area (Å²) in [6.07, 6.45) is 5.63. The van der Waals surface area contributed by atoms with Crippen LogP contribution in [0, 0.1) is 0 Å². The highest BCUT2D eigenvalue weighted by Gasteiger charge is 2.33. The van der Waals surface area contributed by atoms with Gasteiger partial charge >= 0.3 is 0 Å². The van der Waals surface area contributed by atoms with Crippen molar-refractivity contribution in [2.45, 2.75) is 30.6 Å². The van der Waals surface area contributed by atoms with E-state index in [9.17, 15) is 9.66 Å². The molecule has 0 spiro atoms. The zero-order valence-corrected chi connectivity index (χ0v) is 9.32. The van der Waals surface area contributed by atoms with Crippen LogP contribution in [-0.4, -0.2) is 25.6 Å². The van der Waals surface area contributed by atoms with Crippen LogP contribution in [0.3, 0.4) is 0 Å². The molecule has 0 bridgehead atoms. The lowest BCUT2D eigenvalue weighted by Crippen LogP contribution is -2.33. The standard InChI is InChI=1S/C11H15NO2S/c13-11(9-4-3-6-12-8-9)10-5-1-2-7-15(10)14/h3-4,6,8,10-11,13H,1-2,5,7H2. The summed E-state index contributed by atoms with van der Waals surface area (Å²) in [5.74, 6) is 0.724. The van der Waals surface area contributed by atoms with E-state index in [0.717, 1.165) is 30.6 Å². The van der Waals surface area contributed by atoms with Crippen molar-refractivity contribution < 1.29 is 9.66 Å². The molecule has 1 aliphatic heterocycles. The minimum atomic E-state index is -0.886. The van der Waals surface area contributed by atoms with Crippen LogP contribution < -0.4 is 0 Å². The fourth-order valence-electron chi connectivity index (χ4n) is 1.94. The van der Waals surface area contributed by atoms with Crippen molar-refractivity contribution in [3.8, 4) is 0 Å². The van der Waals surface area contributed by atoms with Gasteiger partial charge in [0, 0.05) is 18.0 Å². The summed E-state index contributed by atoms with van der Waals surface area (Å²) >= 11 is -0.886. The number of pyridine rings is 1. The van der Waals surface area contributed by atoms with Crippen LogP contribution in [0.25, 0.3) is 0 Å². The molecule has 1 aromatic heterocycles. The highest BCUT2D eigenvalue weighted by Crippen LogP contribution is 2.30. The lowest BCUT2D eigenvalue weighted by molar-refractivity contribution is 0.164. The molecule has 4 heteroatoms. The van der Waals surface area contributed by atoms with Crippen LogP contribution in [0.4, 0.5) is 0 Å². The van der Waals surface area contributed by atoms with Crippen LogP contribution in [0.5, 0.6) is 0 Å². The van der Waals surface area contributed by atoms with Crippen LogP contribution in [-0.2, 0) is 11.2 Å². The molecular weight excluding hydrogens is 210 g/mol. The summed E-state index contributed by atoms with van der Waals surface area (Å²) in [6.45, 7) is 0. The molecule has 1 saturated heterocycles. The number of aliphatic hydroxyl groups is 1. The lowest BCUT2D eigenvalue weighted by atomic mass is 10.0. The average Bonchev–Trinajstić information content (AvgIpc) is 2.30. The predicted molar refractivity (Wildman–Crippen MR) is 59.8 cm³/mol. The van der Waals surface area contributed by atoms with Gasteiger partial charge in [-0.3, -0.25) is 4.98 Å². The largest absolute Gasteiger partial charge is 0.616 e. The Labute approximate surface area is 92.7 Å². The van der Waals surface area contributed by atoms with Gasteiger partial charge in [0.1, 0.15) is 17.1 Å². The minimum absolute atomic E-state index is 0.108. The first kappa shape index (κ1) is 10.9. The molecule has 15 heavy (non-hydrogen) atoms. The third-order valence-corrected chi connectivity index (χ3v) is 4.66. The number of rotatable bonds is 2. The van der Waals surface area contributed by atoms with Crippen LogP contribution >= 0.6 is 0 Å². The van der Waals surface area contributed by atoms with E-state index in [2.05, 4.69) is 4.98 Å². The smallest absolute Gasteiger partial charge is 0.145 e. The van der Waals surface area contributed by atoms with Gasteiger partial charge in [0.05, 0.1) is 0 Å². The van der Waals surface area contributed by atoms with Crippen molar-refractivity contribution in [2.75, 3.05) is 5.75 Å². The Morgan fingerprint density at radius 2 is 2.40 bits per heavy atom. The van der Waals surface area contributed by atoms with Crippen LogP contribution in [0.1, 0.15) is 30.9 Å². The monoisotopic (exact) mass is 225 g/mol. The van der Waals surface area contributed by atoms with Gasteiger partial charge in [0.25, 0.3) is 0 Å². The van der Waals surface area contributed by atoms with Gasteiger partial charge in [0.2, 0.25) is 0 Å². The Bertz CT molecular complexity index is 307. The molecule has 3 nitrogen and oxygen atoms in total. The zero-order valence-electron chi connectivity index (χ0n) is 8.50. The van der Waals surface area contributed by atoms with Crippen molar-refractivity contribution in [3.63, 3.8) is 0 Å². The second-order valence-corrected chi connectivity index (χ2v) is 5.63. The third kappa shape index (κ3) is 2.51. The van der Waals surface area contributed by atoms with E-state index in [1.807, 2.05) is 6.07 Å². The fourth-order valence-corrected chi connectivity index (χ4v) is 3.61. The number of nitrogens with zero attached hydrogens (tertiary/aromatic N) is 1. The second-order valence-electron chi connectivity index (χ2n) is 3.85. The van der Waals surface area contributed by atoms with E-state index < -0.39 is 17.3 Å². The molecule has 0 aromatic carbocycles. The Morgan fingerprint density at radius 1 is 1.53 bits per heavy atom. The molecular formula is C11H15NO2S. The van der Waals surface area contributed by atoms with Gasteiger partial charge in [-0.15, -0.1) is 0 Å². The van der Waals surface area contributed by atoms with E-state index >= 15 is 0 Å². The van der Waals surface area contributed by atoms with E-state index in [4.69, 9.17) is 0 Å². The molecule has 1 aliphatic rings. The molecule has 0 amide bonds. The van der Waals surface area contributed by atoms with E-state index in [-0.39, 0.29) is 5.25 Å². The van der Waals surface area contributed by atoms with Gasteiger partial charge in [-0.25, -0.2) is 0 Å². The zero-order chi connectivity index (χ0) is 10.7. The number of hydrogen-bond donors (Lipinski definition) is 1. The molecule has 82 valence electrons. The Balaban J connectivity index is 2.09. The molecule has 0 saturated carbocycles. The van der Waals surface area contributed by atoms with Crippen molar-refractivity contribution in [3.05, 3.63) is 30.1 Å². The first-order valence-electron chi connectivity index (χ1n) is 5.24. The van der Waals surface area contributed by atoms with Crippen molar-refractivity contribution in [1.82, 2.24) is 4.98 Å². The van der Waals surface area contributed by atoms with Crippen molar-refractivity contribution in [2.24, 2.45) is 0 Å². The van der Waals surface area contributed by atoms with Crippen molar-refractivity contribution >= 4 is 11.2 Å². The summed E-state index contributed by atoms with van der Waals surface area (Å²) < 4.78 is 11.7. The summed E-state index contributed by atoms with van der Waals surface area (Å²) in [4.78, 5) is 3.97. The number of hydrogen-bond acceptors (Lipinski definition) is 3. The SMILES string of the molecule is [O-][S+]1CCCCC1C(O)c1cccnc1. The summed E-state index contributed by atoms with van der Waals surface area (Å²) in [7, 11) is 0. The highest BCUT2D eigenvalue weighted by molar-refractivity contribution is 7.92. The van der Waals surface area contributed by atoms with Crippen LogP contribution in [0.2, 0.25) is 0 Å². The van der Waals surface area contributed by atoms with Gasteiger partial charge < -0.3 is 9.66 Å². The maximum absolute atomic E-state index is 11.7. The maximum Gasteiger partial charge on any atom is 0.145 e. The summed E-state index contributed by atoms with van der Waals surface area (Å²) in [5.41, 5.74) is 0.776. The molecule has 2 rings (SSSR count). The lowest BCUT2D eigenvalue weighted by Gasteiger charge is -2.29. The number of aliphatic hydroxyl groups excluding tert-OH is 1. The van der Waals surface area contributed by atoms with E-state index in [0.29, 0.717) is 0 Å². The normalized spacial score (nSPS) is 28.7. The molecule has 1 fully saturated rings. The first-order chi connectivity index (χ1) is 7.29. The first-order valence-corrected chi connectivity index (χ1v) is 6.62. The minimum Gasteiger partial charge on any atom is -0.616 e. The highest BCUT2D eigenvalue weighted by atomic mass is 32.2. The second kappa shape index (κ2) is 4.96. The topological polar surface area (TPSA) is 56.2 Å². The quantitative estimate of drug-likeness (QED) is 0.774. The van der Waals surface area contributed by atoms with E-state index in [1.165, 1.54) is 0 Å². The van der Waals surface area contributed by atoms with Gasteiger partial charge in [-0.1, -0.05) is 6.07 Å². The number of aromatic nitrogens is 1. The molecule has 0 radical (unpaired) electrons. The average molecular weight is 225 g/mol. The third-order valence-electron chi connectivity index (χ3n) is 2.80. The Kier molecular flexibility index (Phi) is 3.61.